The van der Waals surface area contributed by atoms with Crippen molar-refractivity contribution in [1.29, 1.82) is 0 Å². The fourth-order valence-electron chi connectivity index (χ4n) is 4.48. The molecule has 1 amide bonds. The van der Waals surface area contributed by atoms with Gasteiger partial charge in [-0.25, -0.2) is 4.68 Å². The number of nitrogens with zero attached hydrogens (tertiary/aromatic N) is 3. The van der Waals surface area contributed by atoms with E-state index in [0.29, 0.717) is 15.8 Å². The van der Waals surface area contributed by atoms with Crippen LogP contribution in [0.25, 0.3) is 23.0 Å². The summed E-state index contributed by atoms with van der Waals surface area (Å²) in [5.74, 6) is 0.826. The van der Waals surface area contributed by atoms with Gasteiger partial charge in [0.25, 0.3) is 5.91 Å². The molecule has 7 heteroatoms. The lowest BCUT2D eigenvalue weighted by molar-refractivity contribution is -0.123. The summed E-state index contributed by atoms with van der Waals surface area (Å²) in [4.78, 5) is 15.8. The van der Waals surface area contributed by atoms with Gasteiger partial charge in [0.05, 0.1) is 17.2 Å². The van der Waals surface area contributed by atoms with E-state index >= 15 is 0 Å². The molecule has 0 N–H and O–H groups in total. The third-order valence-electron chi connectivity index (χ3n) is 6.14. The number of ether oxygens (including phenoxy) is 1. The van der Waals surface area contributed by atoms with Crippen LogP contribution in [-0.4, -0.2) is 37.6 Å². The lowest BCUT2D eigenvalue weighted by Gasteiger charge is -2.21. The highest BCUT2D eigenvalue weighted by molar-refractivity contribution is 8.26. The number of aromatic nitrogens is 2. The van der Waals surface area contributed by atoms with Crippen molar-refractivity contribution < 1.29 is 9.53 Å². The van der Waals surface area contributed by atoms with E-state index in [-0.39, 0.29) is 11.9 Å². The molecule has 2 fully saturated rings. The molecule has 0 atom stereocenters. The van der Waals surface area contributed by atoms with Gasteiger partial charge >= 0.3 is 0 Å². The fraction of sp³-hybridized carbons (Fsp3) is 0.296. The van der Waals surface area contributed by atoms with E-state index in [9.17, 15) is 4.79 Å². The number of carbonyl (C=O) groups is 1. The molecule has 174 valence electrons. The Morgan fingerprint density at radius 1 is 1.15 bits per heavy atom. The molecule has 1 saturated heterocycles. The van der Waals surface area contributed by atoms with Crippen LogP contribution in [0.1, 0.15) is 44.6 Å². The molecule has 0 bridgehead atoms. The predicted molar refractivity (Wildman–Crippen MR) is 142 cm³/mol. The number of rotatable bonds is 7. The van der Waals surface area contributed by atoms with E-state index in [1.807, 2.05) is 76.5 Å². The van der Waals surface area contributed by atoms with E-state index < -0.39 is 0 Å². The average Bonchev–Trinajstić information content (AvgIpc) is 3.59. The number of thiocarbonyl (C=S) groups is 1. The van der Waals surface area contributed by atoms with Gasteiger partial charge in [-0.2, -0.15) is 5.10 Å². The van der Waals surface area contributed by atoms with Gasteiger partial charge < -0.3 is 4.74 Å². The largest absolute Gasteiger partial charge is 0.494 e. The molecule has 2 aliphatic rings. The maximum Gasteiger partial charge on any atom is 0.266 e. The highest BCUT2D eigenvalue weighted by Crippen LogP contribution is 2.39. The molecule has 0 unspecified atom stereocenters. The lowest BCUT2D eigenvalue weighted by atomic mass is 10.1. The first-order valence-corrected chi connectivity index (χ1v) is 13.0. The minimum Gasteiger partial charge on any atom is -0.494 e. The fourth-order valence-corrected chi connectivity index (χ4v) is 5.87. The van der Waals surface area contributed by atoms with E-state index in [1.54, 1.807) is 0 Å². The van der Waals surface area contributed by atoms with Gasteiger partial charge in [-0.3, -0.25) is 9.69 Å². The van der Waals surface area contributed by atoms with Crippen LogP contribution in [0.4, 0.5) is 0 Å². The molecule has 0 spiro atoms. The van der Waals surface area contributed by atoms with Crippen molar-refractivity contribution in [3.8, 4) is 22.7 Å². The van der Waals surface area contributed by atoms with Crippen LogP contribution in [0.3, 0.4) is 0 Å². The maximum atomic E-state index is 13.3. The smallest absolute Gasteiger partial charge is 0.266 e. The Morgan fingerprint density at radius 2 is 1.94 bits per heavy atom. The zero-order chi connectivity index (χ0) is 23.5. The normalized spacial score (nSPS) is 17.8. The molecule has 1 saturated carbocycles. The number of hydrogen-bond acceptors (Lipinski definition) is 5. The van der Waals surface area contributed by atoms with Crippen molar-refractivity contribution >= 4 is 40.3 Å². The van der Waals surface area contributed by atoms with Gasteiger partial charge in [0.2, 0.25) is 0 Å². The van der Waals surface area contributed by atoms with Crippen LogP contribution in [0.15, 0.2) is 65.7 Å². The molecule has 0 radical (unpaired) electrons. The van der Waals surface area contributed by atoms with Gasteiger partial charge in [-0.05, 0) is 49.6 Å². The van der Waals surface area contributed by atoms with E-state index in [2.05, 4.69) is 6.92 Å². The molecule has 1 aromatic heterocycles. The second-order valence-corrected chi connectivity index (χ2v) is 10.3. The van der Waals surface area contributed by atoms with Crippen LogP contribution < -0.4 is 4.74 Å². The second kappa shape index (κ2) is 10.2. The van der Waals surface area contributed by atoms with Crippen molar-refractivity contribution in [3.63, 3.8) is 0 Å². The summed E-state index contributed by atoms with van der Waals surface area (Å²) in [5, 5.41) is 4.90. The van der Waals surface area contributed by atoms with Crippen molar-refractivity contribution in [1.82, 2.24) is 14.7 Å². The predicted octanol–water partition coefficient (Wildman–Crippen LogP) is 6.47. The second-order valence-electron chi connectivity index (χ2n) is 8.58. The topological polar surface area (TPSA) is 47.4 Å². The number of thioether (sulfide) groups is 1. The summed E-state index contributed by atoms with van der Waals surface area (Å²) < 4.78 is 8.37. The Bertz CT molecular complexity index is 1230. The molecule has 2 heterocycles. The third kappa shape index (κ3) is 4.68. The molecule has 5 rings (SSSR count). The van der Waals surface area contributed by atoms with Gasteiger partial charge in [-0.1, -0.05) is 74.1 Å². The van der Waals surface area contributed by atoms with Crippen LogP contribution >= 0.6 is 24.0 Å². The SMILES string of the molecule is CCCOc1cccc(-c2nn(-c3ccccc3)cc2C=C2SC(=S)N(C3CCCC3)C2=O)c1. The van der Waals surface area contributed by atoms with E-state index in [4.69, 9.17) is 22.1 Å². The molecule has 3 aromatic rings. The Labute approximate surface area is 209 Å². The first-order chi connectivity index (χ1) is 16.6. The van der Waals surface area contributed by atoms with Crippen molar-refractivity contribution in [3.05, 3.63) is 71.3 Å². The number of carbonyl (C=O) groups excluding carboxylic acids is 1. The minimum atomic E-state index is 0.0142. The zero-order valence-corrected chi connectivity index (χ0v) is 20.8. The summed E-state index contributed by atoms with van der Waals surface area (Å²) in [6.45, 7) is 2.75. The standard InChI is InChI=1S/C27H27N3O2S2/c1-2-15-32-23-14-8-9-19(16-23)25-20(18-29(28-25)21-10-4-3-5-11-21)17-24-26(31)30(27(33)34-24)22-12-6-7-13-22/h3-5,8-11,14,16-18,22H,2,6-7,12-13,15H2,1H3. The van der Waals surface area contributed by atoms with E-state index in [0.717, 1.165) is 60.4 Å². The summed E-state index contributed by atoms with van der Waals surface area (Å²) in [5.41, 5.74) is 3.58. The minimum absolute atomic E-state index is 0.0142. The Morgan fingerprint density at radius 3 is 2.71 bits per heavy atom. The van der Waals surface area contributed by atoms with E-state index in [1.165, 1.54) is 11.8 Å². The molecule has 1 aliphatic heterocycles. The van der Waals surface area contributed by atoms with Gasteiger partial charge in [0.15, 0.2) is 0 Å². The molecular formula is C27H27N3O2S2. The average molecular weight is 490 g/mol. The Balaban J connectivity index is 1.54. The molecule has 34 heavy (non-hydrogen) atoms. The molecule has 2 aromatic carbocycles. The monoisotopic (exact) mass is 489 g/mol. The van der Waals surface area contributed by atoms with Crippen LogP contribution in [0, 0.1) is 0 Å². The highest BCUT2D eigenvalue weighted by atomic mass is 32.2. The molecule has 1 aliphatic carbocycles. The van der Waals surface area contributed by atoms with Crippen molar-refractivity contribution in [2.24, 2.45) is 0 Å². The summed E-state index contributed by atoms with van der Waals surface area (Å²) >= 11 is 7.00. The number of para-hydroxylation sites is 1. The first kappa shape index (κ1) is 22.9. The Hall–Kier alpha value is -2.90. The quantitative estimate of drug-likeness (QED) is 0.281. The number of amides is 1. The van der Waals surface area contributed by atoms with Crippen LogP contribution in [0.2, 0.25) is 0 Å². The lowest BCUT2D eigenvalue weighted by Crippen LogP contribution is -2.36. The van der Waals surface area contributed by atoms with Crippen molar-refractivity contribution in [2.45, 2.75) is 45.1 Å². The van der Waals surface area contributed by atoms with Gasteiger partial charge in [0.1, 0.15) is 15.8 Å². The zero-order valence-electron chi connectivity index (χ0n) is 19.1. The third-order valence-corrected chi connectivity index (χ3v) is 7.47. The Kier molecular flexibility index (Phi) is 6.83. The highest BCUT2D eigenvalue weighted by Gasteiger charge is 2.38. The molecule has 5 nitrogen and oxygen atoms in total. The first-order valence-electron chi connectivity index (χ1n) is 11.8. The number of benzene rings is 2. The summed E-state index contributed by atoms with van der Waals surface area (Å²) in [6, 6.07) is 18.2. The summed E-state index contributed by atoms with van der Waals surface area (Å²) in [7, 11) is 0. The number of hydrogen-bond donors (Lipinski definition) is 0. The van der Waals surface area contributed by atoms with Gasteiger partial charge in [-0.15, -0.1) is 0 Å². The van der Waals surface area contributed by atoms with Gasteiger partial charge in [0, 0.05) is 23.4 Å². The van der Waals surface area contributed by atoms with Crippen molar-refractivity contribution in [2.75, 3.05) is 6.61 Å². The van der Waals surface area contributed by atoms with Crippen LogP contribution in [-0.2, 0) is 4.79 Å². The van der Waals surface area contributed by atoms with Crippen LogP contribution in [0.5, 0.6) is 5.75 Å². The maximum absolute atomic E-state index is 13.3. The molecular weight excluding hydrogens is 462 g/mol. The summed E-state index contributed by atoms with van der Waals surface area (Å²) in [6.07, 6.45) is 9.24.